The SMILES string of the molecule is Cc1cc(-c2cc(C(=O)O)ccn2)ccc1F. The minimum Gasteiger partial charge on any atom is -0.478 e. The molecule has 1 heterocycles. The average molecular weight is 231 g/mol. The van der Waals surface area contributed by atoms with Gasteiger partial charge in [-0.3, -0.25) is 4.98 Å². The van der Waals surface area contributed by atoms with E-state index in [1.165, 1.54) is 24.4 Å². The highest BCUT2D eigenvalue weighted by molar-refractivity contribution is 5.88. The maximum absolute atomic E-state index is 13.1. The van der Waals surface area contributed by atoms with E-state index in [0.717, 1.165) is 0 Å². The molecule has 3 nitrogen and oxygen atoms in total. The number of rotatable bonds is 2. The van der Waals surface area contributed by atoms with Crippen molar-refractivity contribution in [3.63, 3.8) is 0 Å². The molecule has 0 amide bonds. The molecule has 0 atom stereocenters. The summed E-state index contributed by atoms with van der Waals surface area (Å²) in [4.78, 5) is 14.9. The zero-order valence-electron chi connectivity index (χ0n) is 9.14. The van der Waals surface area contributed by atoms with Gasteiger partial charge in [0.15, 0.2) is 0 Å². The van der Waals surface area contributed by atoms with Crippen molar-refractivity contribution in [3.8, 4) is 11.3 Å². The lowest BCUT2D eigenvalue weighted by atomic mass is 10.1. The maximum Gasteiger partial charge on any atom is 0.335 e. The molecule has 0 unspecified atom stereocenters. The van der Waals surface area contributed by atoms with Gasteiger partial charge in [0.05, 0.1) is 11.3 Å². The normalized spacial score (nSPS) is 10.2. The number of halogens is 1. The van der Waals surface area contributed by atoms with Gasteiger partial charge in [0, 0.05) is 11.8 Å². The van der Waals surface area contributed by atoms with Crippen molar-refractivity contribution in [2.75, 3.05) is 0 Å². The number of aryl methyl sites for hydroxylation is 1. The number of hydrogen-bond acceptors (Lipinski definition) is 2. The first kappa shape index (κ1) is 11.3. The Kier molecular flexibility index (Phi) is 2.87. The predicted octanol–water partition coefficient (Wildman–Crippen LogP) is 2.89. The molecule has 4 heteroatoms. The number of aromatic carboxylic acids is 1. The van der Waals surface area contributed by atoms with Crippen LogP contribution in [-0.2, 0) is 0 Å². The van der Waals surface area contributed by atoms with Gasteiger partial charge >= 0.3 is 5.97 Å². The Labute approximate surface area is 97.6 Å². The minimum atomic E-state index is -1.01. The smallest absolute Gasteiger partial charge is 0.335 e. The van der Waals surface area contributed by atoms with Crippen molar-refractivity contribution >= 4 is 5.97 Å². The van der Waals surface area contributed by atoms with Crippen LogP contribution in [0.3, 0.4) is 0 Å². The molecule has 0 saturated carbocycles. The van der Waals surface area contributed by atoms with E-state index in [1.54, 1.807) is 19.1 Å². The topological polar surface area (TPSA) is 50.2 Å². The molecule has 0 aliphatic carbocycles. The fourth-order valence-electron chi connectivity index (χ4n) is 1.53. The Morgan fingerprint density at radius 2 is 2.06 bits per heavy atom. The van der Waals surface area contributed by atoms with Crippen LogP contribution in [0.4, 0.5) is 4.39 Å². The summed E-state index contributed by atoms with van der Waals surface area (Å²) in [6, 6.07) is 7.45. The van der Waals surface area contributed by atoms with Crippen molar-refractivity contribution in [2.45, 2.75) is 6.92 Å². The van der Waals surface area contributed by atoms with Crippen LogP contribution in [0.15, 0.2) is 36.5 Å². The van der Waals surface area contributed by atoms with E-state index in [1.807, 2.05) is 0 Å². The fourth-order valence-corrected chi connectivity index (χ4v) is 1.53. The second-order valence-corrected chi connectivity index (χ2v) is 3.70. The molecule has 0 radical (unpaired) electrons. The molecule has 0 fully saturated rings. The van der Waals surface area contributed by atoms with E-state index in [0.29, 0.717) is 16.8 Å². The first-order valence-electron chi connectivity index (χ1n) is 5.04. The van der Waals surface area contributed by atoms with Gasteiger partial charge in [0.25, 0.3) is 0 Å². The number of nitrogens with zero attached hydrogens (tertiary/aromatic N) is 1. The van der Waals surface area contributed by atoms with Crippen molar-refractivity contribution in [2.24, 2.45) is 0 Å². The highest BCUT2D eigenvalue weighted by Gasteiger charge is 2.07. The predicted molar refractivity (Wildman–Crippen MR) is 61.3 cm³/mol. The Bertz CT molecular complexity index is 581. The number of hydrogen-bond donors (Lipinski definition) is 1. The summed E-state index contributed by atoms with van der Waals surface area (Å²) in [6.07, 6.45) is 1.43. The number of carbonyl (C=O) groups is 1. The van der Waals surface area contributed by atoms with Crippen LogP contribution in [0.5, 0.6) is 0 Å². The monoisotopic (exact) mass is 231 g/mol. The first-order chi connectivity index (χ1) is 8.08. The summed E-state index contributed by atoms with van der Waals surface area (Å²) in [5, 5.41) is 8.87. The molecule has 17 heavy (non-hydrogen) atoms. The van der Waals surface area contributed by atoms with Gasteiger partial charge in [0.2, 0.25) is 0 Å². The molecule has 0 spiro atoms. The molecular weight excluding hydrogens is 221 g/mol. The van der Waals surface area contributed by atoms with E-state index >= 15 is 0 Å². The van der Waals surface area contributed by atoms with Crippen LogP contribution in [0.1, 0.15) is 15.9 Å². The van der Waals surface area contributed by atoms with Crippen molar-refractivity contribution < 1.29 is 14.3 Å². The van der Waals surface area contributed by atoms with Gasteiger partial charge in [0.1, 0.15) is 5.82 Å². The van der Waals surface area contributed by atoms with Gasteiger partial charge in [-0.25, -0.2) is 9.18 Å². The number of pyridine rings is 1. The van der Waals surface area contributed by atoms with E-state index in [9.17, 15) is 9.18 Å². The lowest BCUT2D eigenvalue weighted by Crippen LogP contribution is -1.97. The molecule has 0 aliphatic heterocycles. The molecule has 0 bridgehead atoms. The Balaban J connectivity index is 2.49. The van der Waals surface area contributed by atoms with Crippen molar-refractivity contribution in [1.29, 1.82) is 0 Å². The summed E-state index contributed by atoms with van der Waals surface area (Å²) in [5.74, 6) is -1.30. The van der Waals surface area contributed by atoms with Crippen LogP contribution in [0.2, 0.25) is 0 Å². The van der Waals surface area contributed by atoms with Gasteiger partial charge < -0.3 is 5.11 Å². The lowest BCUT2D eigenvalue weighted by molar-refractivity contribution is 0.0697. The summed E-state index contributed by atoms with van der Waals surface area (Å²) in [5.41, 5.74) is 1.89. The van der Waals surface area contributed by atoms with Crippen LogP contribution in [0, 0.1) is 12.7 Å². The summed E-state index contributed by atoms with van der Waals surface area (Å²) in [6.45, 7) is 1.65. The third kappa shape index (κ3) is 2.30. The fraction of sp³-hybridized carbons (Fsp3) is 0.0769. The standard InChI is InChI=1S/C13H10FNO2/c1-8-6-9(2-3-11(8)14)12-7-10(13(16)17)4-5-15-12/h2-7H,1H3,(H,16,17). The molecule has 0 aliphatic rings. The highest BCUT2D eigenvalue weighted by atomic mass is 19.1. The second-order valence-electron chi connectivity index (χ2n) is 3.70. The lowest BCUT2D eigenvalue weighted by Gasteiger charge is -2.04. The number of carboxylic acid groups (broad SMARTS) is 1. The zero-order valence-corrected chi connectivity index (χ0v) is 9.14. The summed E-state index contributed by atoms with van der Waals surface area (Å²) in [7, 11) is 0. The third-order valence-electron chi connectivity index (χ3n) is 2.46. The van der Waals surface area contributed by atoms with E-state index in [4.69, 9.17) is 5.11 Å². The number of aromatic nitrogens is 1. The number of carboxylic acids is 1. The second kappa shape index (κ2) is 4.33. The van der Waals surface area contributed by atoms with Crippen molar-refractivity contribution in [3.05, 3.63) is 53.5 Å². The van der Waals surface area contributed by atoms with Gasteiger partial charge in [-0.05, 0) is 42.8 Å². The molecule has 2 rings (SSSR count). The molecule has 1 aromatic heterocycles. The third-order valence-corrected chi connectivity index (χ3v) is 2.46. The zero-order chi connectivity index (χ0) is 12.4. The largest absolute Gasteiger partial charge is 0.478 e. The summed E-state index contributed by atoms with van der Waals surface area (Å²) < 4.78 is 13.1. The molecule has 86 valence electrons. The number of benzene rings is 1. The maximum atomic E-state index is 13.1. The van der Waals surface area contributed by atoms with E-state index in [-0.39, 0.29) is 11.4 Å². The van der Waals surface area contributed by atoms with Crippen molar-refractivity contribution in [1.82, 2.24) is 4.98 Å². The van der Waals surface area contributed by atoms with Crippen LogP contribution in [-0.4, -0.2) is 16.1 Å². The van der Waals surface area contributed by atoms with Gasteiger partial charge in [-0.1, -0.05) is 0 Å². The van der Waals surface area contributed by atoms with Crippen LogP contribution in [0.25, 0.3) is 11.3 Å². The van der Waals surface area contributed by atoms with Gasteiger partial charge in [-0.15, -0.1) is 0 Å². The van der Waals surface area contributed by atoms with E-state index in [2.05, 4.69) is 4.98 Å². The van der Waals surface area contributed by atoms with Gasteiger partial charge in [-0.2, -0.15) is 0 Å². The van der Waals surface area contributed by atoms with Crippen LogP contribution >= 0.6 is 0 Å². The summed E-state index contributed by atoms with van der Waals surface area (Å²) >= 11 is 0. The first-order valence-corrected chi connectivity index (χ1v) is 5.04. The Morgan fingerprint density at radius 1 is 1.29 bits per heavy atom. The quantitative estimate of drug-likeness (QED) is 0.864. The van der Waals surface area contributed by atoms with E-state index < -0.39 is 5.97 Å². The average Bonchev–Trinajstić information content (AvgIpc) is 2.33. The molecular formula is C13H10FNO2. The Hall–Kier alpha value is -2.23. The Morgan fingerprint density at radius 3 is 2.71 bits per heavy atom. The molecule has 1 aromatic carbocycles. The molecule has 1 N–H and O–H groups in total. The van der Waals surface area contributed by atoms with Crippen LogP contribution < -0.4 is 0 Å². The molecule has 0 saturated heterocycles. The highest BCUT2D eigenvalue weighted by Crippen LogP contribution is 2.20. The molecule has 2 aromatic rings. The minimum absolute atomic E-state index is 0.164.